The SMILES string of the molecule is CCCCN1CCCCC1C(=O)Nc1c(C)cc(CC)cc1C. The van der Waals surface area contributed by atoms with Gasteiger partial charge in [-0.2, -0.15) is 0 Å². The molecule has 1 amide bonds. The molecule has 1 aliphatic rings. The normalized spacial score (nSPS) is 18.9. The molecule has 0 aliphatic carbocycles. The minimum absolute atomic E-state index is 0.0416. The highest BCUT2D eigenvalue weighted by molar-refractivity contribution is 5.96. The molecule has 1 aliphatic heterocycles. The lowest BCUT2D eigenvalue weighted by Crippen LogP contribution is -2.47. The lowest BCUT2D eigenvalue weighted by molar-refractivity contribution is -0.122. The van der Waals surface area contributed by atoms with Crippen molar-refractivity contribution in [2.45, 2.75) is 72.3 Å². The number of anilines is 1. The summed E-state index contributed by atoms with van der Waals surface area (Å²) in [6.45, 7) is 10.7. The second kappa shape index (κ2) is 8.49. The first-order chi connectivity index (χ1) is 11.1. The first kappa shape index (κ1) is 18.0. The fourth-order valence-electron chi connectivity index (χ4n) is 3.58. The van der Waals surface area contributed by atoms with Crippen LogP contribution in [-0.4, -0.2) is 29.9 Å². The van der Waals surface area contributed by atoms with Gasteiger partial charge in [0.2, 0.25) is 5.91 Å². The van der Waals surface area contributed by atoms with Gasteiger partial charge >= 0.3 is 0 Å². The van der Waals surface area contributed by atoms with Crippen molar-refractivity contribution in [1.29, 1.82) is 0 Å². The monoisotopic (exact) mass is 316 g/mol. The highest BCUT2D eigenvalue weighted by Gasteiger charge is 2.28. The Labute approximate surface area is 141 Å². The number of amides is 1. The molecule has 128 valence electrons. The van der Waals surface area contributed by atoms with Gasteiger partial charge < -0.3 is 5.32 Å². The molecule has 1 heterocycles. The van der Waals surface area contributed by atoms with Crippen molar-refractivity contribution in [3.05, 3.63) is 28.8 Å². The summed E-state index contributed by atoms with van der Waals surface area (Å²) in [5, 5.41) is 3.23. The molecule has 1 unspecified atom stereocenters. The van der Waals surface area contributed by atoms with Crippen LogP contribution in [0.25, 0.3) is 0 Å². The zero-order valence-corrected chi connectivity index (χ0v) is 15.2. The van der Waals surface area contributed by atoms with E-state index in [1.165, 1.54) is 36.0 Å². The Morgan fingerprint density at radius 2 is 1.91 bits per heavy atom. The Bertz CT molecular complexity index is 515. The third-order valence-corrected chi connectivity index (χ3v) is 4.96. The van der Waals surface area contributed by atoms with Crippen molar-refractivity contribution < 1.29 is 4.79 Å². The van der Waals surface area contributed by atoms with E-state index in [1.807, 2.05) is 0 Å². The van der Waals surface area contributed by atoms with Gasteiger partial charge in [0, 0.05) is 5.69 Å². The number of hydrogen-bond donors (Lipinski definition) is 1. The number of rotatable bonds is 6. The van der Waals surface area contributed by atoms with Crippen LogP contribution in [-0.2, 0) is 11.2 Å². The summed E-state index contributed by atoms with van der Waals surface area (Å²) >= 11 is 0. The van der Waals surface area contributed by atoms with Gasteiger partial charge in [-0.25, -0.2) is 0 Å². The summed E-state index contributed by atoms with van der Waals surface area (Å²) in [5.41, 5.74) is 4.69. The smallest absolute Gasteiger partial charge is 0.241 e. The van der Waals surface area contributed by atoms with E-state index >= 15 is 0 Å². The molecule has 2 rings (SSSR count). The maximum Gasteiger partial charge on any atom is 0.241 e. The Hall–Kier alpha value is -1.35. The van der Waals surface area contributed by atoms with Crippen LogP contribution in [0.15, 0.2) is 12.1 Å². The fraction of sp³-hybridized carbons (Fsp3) is 0.650. The van der Waals surface area contributed by atoms with Gasteiger partial charge in [0.05, 0.1) is 6.04 Å². The van der Waals surface area contributed by atoms with Gasteiger partial charge in [0.15, 0.2) is 0 Å². The minimum Gasteiger partial charge on any atom is -0.324 e. The van der Waals surface area contributed by atoms with E-state index in [2.05, 4.69) is 50.0 Å². The number of aryl methyl sites for hydroxylation is 3. The standard InChI is InChI=1S/C20H32N2O/c1-5-7-11-22-12-9-8-10-18(22)20(23)21-19-15(3)13-17(6-2)14-16(19)4/h13-14,18H,5-12H2,1-4H3,(H,21,23). The number of hydrogen-bond acceptors (Lipinski definition) is 2. The molecule has 1 aromatic carbocycles. The molecule has 0 aromatic heterocycles. The number of nitrogens with one attached hydrogen (secondary N) is 1. The van der Waals surface area contributed by atoms with Crippen LogP contribution < -0.4 is 5.32 Å². The van der Waals surface area contributed by atoms with Gasteiger partial charge in [-0.1, -0.05) is 38.8 Å². The molecule has 1 N–H and O–H groups in total. The largest absolute Gasteiger partial charge is 0.324 e. The molecule has 0 bridgehead atoms. The fourth-order valence-corrected chi connectivity index (χ4v) is 3.58. The van der Waals surface area contributed by atoms with Crippen LogP contribution in [0.2, 0.25) is 0 Å². The van der Waals surface area contributed by atoms with Crippen LogP contribution >= 0.6 is 0 Å². The average Bonchev–Trinajstić information content (AvgIpc) is 2.56. The Morgan fingerprint density at radius 1 is 1.22 bits per heavy atom. The topological polar surface area (TPSA) is 32.3 Å². The molecule has 1 saturated heterocycles. The number of likely N-dealkylation sites (tertiary alicyclic amines) is 1. The molecule has 3 heteroatoms. The molecule has 0 saturated carbocycles. The van der Waals surface area contributed by atoms with E-state index in [1.54, 1.807) is 0 Å². The molecule has 1 atom stereocenters. The Kier molecular flexibility index (Phi) is 6.64. The number of carbonyl (C=O) groups excluding carboxylic acids is 1. The van der Waals surface area contributed by atoms with E-state index < -0.39 is 0 Å². The summed E-state index contributed by atoms with van der Waals surface area (Å²) in [4.78, 5) is 15.2. The molecular formula is C20H32N2O. The van der Waals surface area contributed by atoms with Crippen molar-refractivity contribution in [3.63, 3.8) is 0 Å². The summed E-state index contributed by atoms with van der Waals surface area (Å²) < 4.78 is 0. The predicted octanol–water partition coefficient (Wildman–Crippen LogP) is 4.46. The zero-order valence-electron chi connectivity index (χ0n) is 15.2. The van der Waals surface area contributed by atoms with Gasteiger partial charge in [-0.05, 0) is 69.3 Å². The number of unbranched alkanes of at least 4 members (excludes halogenated alkanes) is 1. The van der Waals surface area contributed by atoms with Crippen LogP contribution in [0.4, 0.5) is 5.69 Å². The zero-order chi connectivity index (χ0) is 16.8. The predicted molar refractivity (Wildman–Crippen MR) is 98.0 cm³/mol. The molecule has 1 fully saturated rings. The number of carbonyl (C=O) groups is 1. The molecule has 23 heavy (non-hydrogen) atoms. The highest BCUT2D eigenvalue weighted by atomic mass is 16.2. The summed E-state index contributed by atoms with van der Waals surface area (Å²) in [6, 6.07) is 4.43. The average molecular weight is 316 g/mol. The van der Waals surface area contributed by atoms with E-state index in [4.69, 9.17) is 0 Å². The third-order valence-electron chi connectivity index (χ3n) is 4.96. The van der Waals surface area contributed by atoms with Crippen LogP contribution in [0.5, 0.6) is 0 Å². The molecular weight excluding hydrogens is 284 g/mol. The van der Waals surface area contributed by atoms with E-state index in [-0.39, 0.29) is 11.9 Å². The number of benzene rings is 1. The van der Waals surface area contributed by atoms with Crippen LogP contribution in [0.1, 0.15) is 62.6 Å². The number of piperidine rings is 1. The maximum atomic E-state index is 12.8. The highest BCUT2D eigenvalue weighted by Crippen LogP contribution is 2.25. The molecule has 0 spiro atoms. The molecule has 3 nitrogen and oxygen atoms in total. The Morgan fingerprint density at radius 3 is 2.52 bits per heavy atom. The second-order valence-electron chi connectivity index (χ2n) is 6.85. The summed E-state index contributed by atoms with van der Waals surface area (Å²) in [5.74, 6) is 0.177. The first-order valence-corrected chi connectivity index (χ1v) is 9.21. The van der Waals surface area contributed by atoms with Crippen molar-refractivity contribution in [2.75, 3.05) is 18.4 Å². The minimum atomic E-state index is 0.0416. The van der Waals surface area contributed by atoms with E-state index in [9.17, 15) is 4.79 Å². The van der Waals surface area contributed by atoms with Crippen LogP contribution in [0.3, 0.4) is 0 Å². The van der Waals surface area contributed by atoms with Gasteiger partial charge in [-0.15, -0.1) is 0 Å². The quantitative estimate of drug-likeness (QED) is 0.840. The van der Waals surface area contributed by atoms with Crippen LogP contribution in [0, 0.1) is 13.8 Å². The van der Waals surface area contributed by atoms with E-state index in [0.29, 0.717) is 0 Å². The van der Waals surface area contributed by atoms with Crippen molar-refractivity contribution in [2.24, 2.45) is 0 Å². The van der Waals surface area contributed by atoms with E-state index in [0.717, 1.165) is 38.0 Å². The Balaban J connectivity index is 2.11. The third kappa shape index (κ3) is 4.57. The molecule has 1 aromatic rings. The number of nitrogens with zero attached hydrogens (tertiary/aromatic N) is 1. The lowest BCUT2D eigenvalue weighted by atomic mass is 9.99. The summed E-state index contributed by atoms with van der Waals surface area (Å²) in [6.07, 6.45) is 6.75. The second-order valence-corrected chi connectivity index (χ2v) is 6.85. The van der Waals surface area contributed by atoms with Crippen molar-refractivity contribution in [1.82, 2.24) is 4.90 Å². The van der Waals surface area contributed by atoms with Crippen molar-refractivity contribution in [3.8, 4) is 0 Å². The van der Waals surface area contributed by atoms with Gasteiger partial charge in [0.25, 0.3) is 0 Å². The maximum absolute atomic E-state index is 12.8. The summed E-state index contributed by atoms with van der Waals surface area (Å²) in [7, 11) is 0. The first-order valence-electron chi connectivity index (χ1n) is 9.21. The lowest BCUT2D eigenvalue weighted by Gasteiger charge is -2.34. The van der Waals surface area contributed by atoms with Crippen molar-refractivity contribution >= 4 is 11.6 Å². The van der Waals surface area contributed by atoms with Gasteiger partial charge in [0.1, 0.15) is 0 Å². The molecule has 0 radical (unpaired) electrons. The van der Waals surface area contributed by atoms with Gasteiger partial charge in [-0.3, -0.25) is 9.69 Å².